The molecule has 0 aliphatic heterocycles. The van der Waals surface area contributed by atoms with Gasteiger partial charge >= 0.3 is 5.97 Å². The number of carboxylic acid groups (broad SMARTS) is 1. The third-order valence-corrected chi connectivity index (χ3v) is 5.47. The van der Waals surface area contributed by atoms with Gasteiger partial charge in [0, 0.05) is 24.2 Å². The maximum absolute atomic E-state index is 12.8. The van der Waals surface area contributed by atoms with Gasteiger partial charge in [0.05, 0.1) is 18.1 Å². The second-order valence-electron chi connectivity index (χ2n) is 7.99. The zero-order valence-electron chi connectivity index (χ0n) is 19.1. The van der Waals surface area contributed by atoms with Crippen molar-refractivity contribution in [2.45, 2.75) is 26.8 Å². The molecule has 0 fully saturated rings. The summed E-state index contributed by atoms with van der Waals surface area (Å²) in [5.74, 6) is -1.23. The van der Waals surface area contributed by atoms with E-state index in [1.165, 1.54) is 0 Å². The minimum absolute atomic E-state index is 0.00411. The molecule has 34 heavy (non-hydrogen) atoms. The lowest BCUT2D eigenvalue weighted by Gasteiger charge is -2.13. The Morgan fingerprint density at radius 1 is 1.00 bits per heavy atom. The summed E-state index contributed by atoms with van der Waals surface area (Å²) in [5.41, 5.74) is 5.97. The first-order chi connectivity index (χ1) is 16.3. The number of carbonyl (C=O) groups excluding carboxylic acids is 1. The molecule has 0 saturated carbocycles. The molecule has 0 saturated heterocycles. The van der Waals surface area contributed by atoms with E-state index < -0.39 is 5.97 Å². The molecular formula is C27H26N4O3. The van der Waals surface area contributed by atoms with Crippen LogP contribution >= 0.6 is 0 Å². The lowest BCUT2D eigenvalue weighted by atomic mass is 9.95. The predicted octanol–water partition coefficient (Wildman–Crippen LogP) is 4.16. The molecule has 1 amide bonds. The molecule has 4 N–H and O–H groups in total. The van der Waals surface area contributed by atoms with Crippen LogP contribution < -0.4 is 10.6 Å². The summed E-state index contributed by atoms with van der Waals surface area (Å²) in [6.45, 7) is 4.65. The van der Waals surface area contributed by atoms with Gasteiger partial charge in [-0.2, -0.15) is 5.26 Å². The van der Waals surface area contributed by atoms with Gasteiger partial charge < -0.3 is 15.7 Å². The van der Waals surface area contributed by atoms with Crippen molar-refractivity contribution in [3.05, 3.63) is 94.0 Å². The number of carboxylic acids is 1. The maximum atomic E-state index is 12.8. The van der Waals surface area contributed by atoms with E-state index in [2.05, 4.69) is 16.7 Å². The first kappa shape index (κ1) is 24.4. The van der Waals surface area contributed by atoms with E-state index in [9.17, 15) is 14.9 Å². The van der Waals surface area contributed by atoms with Crippen LogP contribution in [0.15, 0.2) is 60.7 Å². The molecule has 0 aliphatic carbocycles. The monoisotopic (exact) mass is 454 g/mol. The van der Waals surface area contributed by atoms with E-state index in [0.29, 0.717) is 29.8 Å². The average Bonchev–Trinajstić information content (AvgIpc) is 2.81. The van der Waals surface area contributed by atoms with E-state index in [4.69, 9.17) is 10.5 Å². The molecule has 0 spiro atoms. The van der Waals surface area contributed by atoms with Crippen LogP contribution in [0.1, 0.15) is 44.6 Å². The average molecular weight is 455 g/mol. The van der Waals surface area contributed by atoms with Gasteiger partial charge in [-0.15, -0.1) is 0 Å². The Balaban J connectivity index is 1.68. The molecular weight excluding hydrogens is 428 g/mol. The Morgan fingerprint density at radius 3 is 2.44 bits per heavy atom. The second-order valence-corrected chi connectivity index (χ2v) is 7.99. The molecule has 0 heterocycles. The number of hydrogen-bond donors (Lipinski definition) is 4. The number of benzene rings is 3. The van der Waals surface area contributed by atoms with Crippen LogP contribution in [-0.4, -0.2) is 29.4 Å². The van der Waals surface area contributed by atoms with Gasteiger partial charge in [0.25, 0.3) is 5.91 Å². The van der Waals surface area contributed by atoms with Crippen LogP contribution in [0.5, 0.6) is 0 Å². The first-order valence-corrected chi connectivity index (χ1v) is 10.8. The Morgan fingerprint density at radius 2 is 1.76 bits per heavy atom. The summed E-state index contributed by atoms with van der Waals surface area (Å²) in [7, 11) is 0. The molecule has 0 unspecified atom stereocenters. The molecule has 0 aromatic heterocycles. The fourth-order valence-corrected chi connectivity index (χ4v) is 3.72. The third kappa shape index (κ3) is 5.94. The molecule has 3 rings (SSSR count). The Hall–Kier alpha value is -4.28. The molecule has 3 aromatic rings. The van der Waals surface area contributed by atoms with Crippen LogP contribution in [0, 0.1) is 30.6 Å². The number of amides is 1. The number of aryl methyl sites for hydroxylation is 2. The molecule has 0 radical (unpaired) electrons. The number of rotatable bonds is 8. The van der Waals surface area contributed by atoms with Crippen molar-refractivity contribution in [3.63, 3.8) is 0 Å². The van der Waals surface area contributed by atoms with Crippen LogP contribution in [0.25, 0.3) is 11.1 Å². The van der Waals surface area contributed by atoms with Crippen LogP contribution in [0.2, 0.25) is 0 Å². The fraction of sp³-hybridized carbons (Fsp3) is 0.185. The summed E-state index contributed by atoms with van der Waals surface area (Å²) in [4.78, 5) is 23.4. The smallest absolute Gasteiger partial charge is 0.304 e. The molecule has 3 aromatic carbocycles. The largest absolute Gasteiger partial charge is 0.481 e. The Bertz CT molecular complexity index is 1290. The lowest BCUT2D eigenvalue weighted by Crippen LogP contribution is -2.31. The van der Waals surface area contributed by atoms with Gasteiger partial charge in [-0.3, -0.25) is 15.0 Å². The number of amidine groups is 1. The molecule has 172 valence electrons. The first-order valence-electron chi connectivity index (χ1n) is 10.8. The molecule has 7 heteroatoms. The lowest BCUT2D eigenvalue weighted by molar-refractivity contribution is -0.136. The minimum Gasteiger partial charge on any atom is -0.481 e. The van der Waals surface area contributed by atoms with E-state index in [1.54, 1.807) is 24.3 Å². The zero-order valence-corrected chi connectivity index (χ0v) is 19.1. The zero-order chi connectivity index (χ0) is 24.7. The number of aliphatic carboxylic acids is 1. The van der Waals surface area contributed by atoms with E-state index in [-0.39, 0.29) is 18.2 Å². The molecule has 0 aliphatic rings. The number of nitrogens with one attached hydrogen (secondary N) is 3. The van der Waals surface area contributed by atoms with Crippen molar-refractivity contribution < 1.29 is 14.7 Å². The van der Waals surface area contributed by atoms with E-state index in [1.807, 2.05) is 50.2 Å². The highest BCUT2D eigenvalue weighted by atomic mass is 16.4. The summed E-state index contributed by atoms with van der Waals surface area (Å²) in [6.07, 6.45) is 0.0546. The van der Waals surface area contributed by atoms with Crippen LogP contribution in [0.3, 0.4) is 0 Å². The van der Waals surface area contributed by atoms with Crippen LogP contribution in [-0.2, 0) is 11.3 Å². The van der Waals surface area contributed by atoms with Crippen molar-refractivity contribution in [1.29, 1.82) is 10.7 Å². The number of carbonyl (C=O) groups is 2. The summed E-state index contributed by atoms with van der Waals surface area (Å²) in [6, 6.07) is 20.3. The van der Waals surface area contributed by atoms with Gasteiger partial charge in [-0.25, -0.2) is 0 Å². The van der Waals surface area contributed by atoms with Gasteiger partial charge in [0.2, 0.25) is 0 Å². The summed E-state index contributed by atoms with van der Waals surface area (Å²) in [5, 5.41) is 32.2. The fourth-order valence-electron chi connectivity index (χ4n) is 3.72. The van der Waals surface area contributed by atoms with Gasteiger partial charge in [-0.1, -0.05) is 42.5 Å². The quantitative estimate of drug-likeness (QED) is 0.231. The van der Waals surface area contributed by atoms with Crippen molar-refractivity contribution in [2.24, 2.45) is 0 Å². The van der Waals surface area contributed by atoms with Crippen molar-refractivity contribution in [1.82, 2.24) is 10.6 Å². The van der Waals surface area contributed by atoms with Crippen molar-refractivity contribution in [3.8, 4) is 17.2 Å². The summed E-state index contributed by atoms with van der Waals surface area (Å²) >= 11 is 0. The number of nitrogens with zero attached hydrogens (tertiary/aromatic N) is 1. The topological polar surface area (TPSA) is 126 Å². The third-order valence-electron chi connectivity index (χ3n) is 5.47. The Labute approximate surface area is 198 Å². The second kappa shape index (κ2) is 11.0. The van der Waals surface area contributed by atoms with Crippen molar-refractivity contribution in [2.75, 3.05) is 6.54 Å². The molecule has 7 nitrogen and oxygen atoms in total. The number of nitriles is 1. The van der Waals surface area contributed by atoms with Gasteiger partial charge in [0.1, 0.15) is 5.84 Å². The highest BCUT2D eigenvalue weighted by Crippen LogP contribution is 2.27. The van der Waals surface area contributed by atoms with E-state index >= 15 is 0 Å². The minimum atomic E-state index is -0.847. The molecule has 0 atom stereocenters. The number of hydrogen-bond acceptors (Lipinski definition) is 5. The Kier molecular flexibility index (Phi) is 7.91. The summed E-state index contributed by atoms with van der Waals surface area (Å²) < 4.78 is 0. The normalized spacial score (nSPS) is 10.4. The standard InChI is InChI=1S/C27H26N4O3/c1-17-13-19(16-30-12-11-25(32)33)7-9-23(17)26(29)31-27(34)20-8-10-22(18(2)14-20)24-6-4-3-5-21(24)15-28/h3-10,13-14,30H,11-12,16H2,1-2H3,(H,32,33)(H2,29,31,34). The van der Waals surface area contributed by atoms with Gasteiger partial charge in [-0.05, 0) is 59.9 Å². The van der Waals surface area contributed by atoms with E-state index in [0.717, 1.165) is 27.8 Å². The SMILES string of the molecule is Cc1cc(CNCCC(=O)O)ccc1C(=N)NC(=O)c1ccc(-c2ccccc2C#N)c(C)c1. The van der Waals surface area contributed by atoms with Crippen molar-refractivity contribution >= 4 is 17.7 Å². The maximum Gasteiger partial charge on any atom is 0.304 e. The highest BCUT2D eigenvalue weighted by molar-refractivity contribution is 6.12. The van der Waals surface area contributed by atoms with Gasteiger partial charge in [0.15, 0.2) is 0 Å². The van der Waals surface area contributed by atoms with Crippen LogP contribution in [0.4, 0.5) is 0 Å². The predicted molar refractivity (Wildman–Crippen MR) is 131 cm³/mol. The molecule has 0 bridgehead atoms. The highest BCUT2D eigenvalue weighted by Gasteiger charge is 2.14.